The smallest absolute Gasteiger partial charge is 0.336 e. The fourth-order valence-electron chi connectivity index (χ4n) is 3.52. The van der Waals surface area contributed by atoms with Gasteiger partial charge in [0.2, 0.25) is 10.0 Å². The molecule has 1 aliphatic heterocycles. The molecule has 10 heteroatoms. The van der Waals surface area contributed by atoms with Crippen molar-refractivity contribution in [2.24, 2.45) is 0 Å². The molecular formula is C22H26F3N3O3S. The van der Waals surface area contributed by atoms with Gasteiger partial charge in [-0.3, -0.25) is 0 Å². The summed E-state index contributed by atoms with van der Waals surface area (Å²) in [6.07, 6.45) is -3.04. The molecule has 1 atom stereocenters. The largest absolute Gasteiger partial charge is 0.416 e. The summed E-state index contributed by atoms with van der Waals surface area (Å²) in [5.74, 6) is 0. The number of carbonyl (C=O) groups is 1. The molecule has 32 heavy (non-hydrogen) atoms. The monoisotopic (exact) mass is 469 g/mol. The molecule has 0 spiro atoms. The Balaban J connectivity index is 1.53. The number of aryl methyl sites for hydroxylation is 1. The third kappa shape index (κ3) is 6.01. The highest BCUT2D eigenvalue weighted by Crippen LogP contribution is 2.31. The molecule has 1 fully saturated rings. The summed E-state index contributed by atoms with van der Waals surface area (Å²) < 4.78 is 65.5. The second-order valence-electron chi connectivity index (χ2n) is 7.79. The van der Waals surface area contributed by atoms with Gasteiger partial charge in [-0.1, -0.05) is 36.4 Å². The van der Waals surface area contributed by atoms with Crippen LogP contribution in [0.25, 0.3) is 0 Å². The van der Waals surface area contributed by atoms with Gasteiger partial charge >= 0.3 is 12.2 Å². The van der Waals surface area contributed by atoms with Crippen molar-refractivity contribution >= 4 is 16.1 Å². The van der Waals surface area contributed by atoms with Crippen LogP contribution < -0.4 is 5.32 Å². The van der Waals surface area contributed by atoms with Crippen molar-refractivity contribution in [3.05, 3.63) is 65.7 Å². The van der Waals surface area contributed by atoms with E-state index in [0.717, 1.165) is 35.3 Å². The number of nitrogens with zero attached hydrogens (tertiary/aromatic N) is 2. The van der Waals surface area contributed by atoms with E-state index in [1.807, 2.05) is 37.3 Å². The number of urea groups is 1. The van der Waals surface area contributed by atoms with Crippen molar-refractivity contribution in [1.29, 1.82) is 0 Å². The highest BCUT2D eigenvalue weighted by Gasteiger charge is 2.34. The maximum atomic E-state index is 12.9. The van der Waals surface area contributed by atoms with Crippen molar-refractivity contribution in [3.8, 4) is 0 Å². The Hall–Kier alpha value is -2.59. The van der Waals surface area contributed by atoms with Gasteiger partial charge in [-0.05, 0) is 43.5 Å². The van der Waals surface area contributed by atoms with Gasteiger partial charge in [0.05, 0.1) is 10.5 Å². The zero-order chi connectivity index (χ0) is 23.4. The lowest BCUT2D eigenvalue weighted by Gasteiger charge is -2.34. The van der Waals surface area contributed by atoms with Crippen LogP contribution in [0.2, 0.25) is 0 Å². The Morgan fingerprint density at radius 3 is 2.31 bits per heavy atom. The fraction of sp³-hybridized carbons (Fsp3) is 0.409. The highest BCUT2D eigenvalue weighted by atomic mass is 32.2. The molecule has 0 aromatic heterocycles. The molecular weight excluding hydrogens is 443 g/mol. The van der Waals surface area contributed by atoms with Gasteiger partial charge in [0.15, 0.2) is 0 Å². The topological polar surface area (TPSA) is 69.7 Å². The predicted octanol–water partition coefficient (Wildman–Crippen LogP) is 3.74. The Morgan fingerprint density at radius 2 is 1.69 bits per heavy atom. The minimum Gasteiger partial charge on any atom is -0.336 e. The summed E-state index contributed by atoms with van der Waals surface area (Å²) in [5.41, 5.74) is 0.170. The van der Waals surface area contributed by atoms with Gasteiger partial charge in [-0.15, -0.1) is 0 Å². The average Bonchev–Trinajstić information content (AvgIpc) is 2.78. The van der Waals surface area contributed by atoms with Gasteiger partial charge in [0, 0.05) is 32.2 Å². The van der Waals surface area contributed by atoms with Gasteiger partial charge in [-0.25, -0.2) is 13.2 Å². The molecule has 2 amide bonds. The van der Waals surface area contributed by atoms with Gasteiger partial charge in [0.25, 0.3) is 0 Å². The number of hydrogen-bond donors (Lipinski definition) is 1. The molecule has 1 aliphatic rings. The fourth-order valence-corrected chi connectivity index (χ4v) is 4.98. The van der Waals surface area contributed by atoms with Crippen molar-refractivity contribution in [2.45, 2.75) is 36.9 Å². The minimum absolute atomic E-state index is 0.0182. The van der Waals surface area contributed by atoms with Crippen LogP contribution in [0.15, 0.2) is 59.5 Å². The minimum atomic E-state index is -4.63. The Labute approximate surface area is 186 Å². The van der Waals surface area contributed by atoms with Crippen LogP contribution in [0.1, 0.15) is 24.5 Å². The second kappa shape index (κ2) is 9.91. The first kappa shape index (κ1) is 24.1. The normalized spacial score (nSPS) is 16.6. The number of alkyl halides is 3. The van der Waals surface area contributed by atoms with E-state index in [9.17, 15) is 26.4 Å². The molecule has 1 saturated heterocycles. The second-order valence-corrected chi connectivity index (χ2v) is 9.73. The summed E-state index contributed by atoms with van der Waals surface area (Å²) in [5, 5.41) is 2.92. The summed E-state index contributed by atoms with van der Waals surface area (Å²) in [6.45, 7) is 2.27. The standard InChI is InChI=1S/C22H26F3N3O3S/c1-17(10-11-18-6-3-2-4-7-18)26-21(29)27-12-14-28(15-13-27)32(30,31)20-9-5-8-19(16-20)22(23,24)25/h2-9,16-17H,10-15H2,1H3,(H,26,29). The van der Waals surface area contributed by atoms with Crippen molar-refractivity contribution < 1.29 is 26.4 Å². The number of hydrogen-bond acceptors (Lipinski definition) is 3. The first-order chi connectivity index (χ1) is 15.1. The van der Waals surface area contributed by atoms with E-state index in [0.29, 0.717) is 6.07 Å². The number of benzene rings is 2. The first-order valence-electron chi connectivity index (χ1n) is 10.3. The first-order valence-corrected chi connectivity index (χ1v) is 11.8. The van der Waals surface area contributed by atoms with Crippen LogP contribution in [-0.2, 0) is 22.6 Å². The number of amides is 2. The average molecular weight is 470 g/mol. The van der Waals surface area contributed by atoms with Crippen molar-refractivity contribution in [1.82, 2.24) is 14.5 Å². The van der Waals surface area contributed by atoms with Gasteiger partial charge < -0.3 is 10.2 Å². The molecule has 0 saturated carbocycles. The van der Waals surface area contributed by atoms with Crippen LogP contribution >= 0.6 is 0 Å². The Bertz CT molecular complexity index is 1020. The van der Waals surface area contributed by atoms with Crippen LogP contribution in [-0.4, -0.2) is 55.9 Å². The maximum Gasteiger partial charge on any atom is 0.416 e. The molecule has 174 valence electrons. The van der Waals surface area contributed by atoms with E-state index in [2.05, 4.69) is 5.32 Å². The van der Waals surface area contributed by atoms with Gasteiger partial charge in [0.1, 0.15) is 0 Å². The molecule has 1 heterocycles. The molecule has 0 aliphatic carbocycles. The third-order valence-corrected chi connectivity index (χ3v) is 7.30. The highest BCUT2D eigenvalue weighted by molar-refractivity contribution is 7.89. The lowest BCUT2D eigenvalue weighted by atomic mass is 10.1. The lowest BCUT2D eigenvalue weighted by Crippen LogP contribution is -2.54. The number of nitrogens with one attached hydrogen (secondary N) is 1. The van der Waals surface area contributed by atoms with Crippen LogP contribution in [0.5, 0.6) is 0 Å². The number of sulfonamides is 1. The third-order valence-electron chi connectivity index (χ3n) is 5.40. The van der Waals surface area contributed by atoms with E-state index in [1.54, 1.807) is 0 Å². The van der Waals surface area contributed by atoms with Gasteiger partial charge in [-0.2, -0.15) is 17.5 Å². The summed E-state index contributed by atoms with van der Waals surface area (Å²) in [6, 6.07) is 13.3. The number of rotatable bonds is 6. The predicted molar refractivity (Wildman–Crippen MR) is 115 cm³/mol. The SMILES string of the molecule is CC(CCc1ccccc1)NC(=O)N1CCN(S(=O)(=O)c2cccc(C(F)(F)F)c2)CC1. The molecule has 1 N–H and O–H groups in total. The number of carbonyl (C=O) groups excluding carboxylic acids is 1. The zero-order valence-electron chi connectivity index (χ0n) is 17.7. The molecule has 6 nitrogen and oxygen atoms in total. The number of piperazine rings is 1. The summed E-state index contributed by atoms with van der Waals surface area (Å²) >= 11 is 0. The van der Waals surface area contributed by atoms with E-state index < -0.39 is 26.7 Å². The molecule has 2 aromatic carbocycles. The quantitative estimate of drug-likeness (QED) is 0.701. The molecule has 0 bridgehead atoms. The summed E-state index contributed by atoms with van der Waals surface area (Å²) in [7, 11) is -4.08. The molecule has 3 rings (SSSR count). The molecule has 1 unspecified atom stereocenters. The van der Waals surface area contributed by atoms with E-state index >= 15 is 0 Å². The number of halogens is 3. The Kier molecular flexibility index (Phi) is 7.45. The lowest BCUT2D eigenvalue weighted by molar-refractivity contribution is -0.137. The van der Waals surface area contributed by atoms with Crippen molar-refractivity contribution in [3.63, 3.8) is 0 Å². The molecule has 0 radical (unpaired) electrons. The van der Waals surface area contributed by atoms with E-state index in [-0.39, 0.29) is 38.3 Å². The molecule has 2 aromatic rings. The van der Waals surface area contributed by atoms with Crippen LogP contribution in [0.4, 0.5) is 18.0 Å². The van der Waals surface area contributed by atoms with Crippen molar-refractivity contribution in [2.75, 3.05) is 26.2 Å². The van der Waals surface area contributed by atoms with E-state index in [1.165, 1.54) is 10.5 Å². The maximum absolute atomic E-state index is 12.9. The Morgan fingerprint density at radius 1 is 1.03 bits per heavy atom. The van der Waals surface area contributed by atoms with Crippen LogP contribution in [0, 0.1) is 0 Å². The van der Waals surface area contributed by atoms with E-state index in [4.69, 9.17) is 0 Å². The summed E-state index contributed by atoms with van der Waals surface area (Å²) in [4.78, 5) is 13.6. The zero-order valence-corrected chi connectivity index (χ0v) is 18.5. The van der Waals surface area contributed by atoms with Crippen LogP contribution in [0.3, 0.4) is 0 Å².